The van der Waals surface area contributed by atoms with Gasteiger partial charge in [0.25, 0.3) is 0 Å². The van der Waals surface area contributed by atoms with Crippen LogP contribution in [0.25, 0.3) is 0 Å². The van der Waals surface area contributed by atoms with Gasteiger partial charge >= 0.3 is 0 Å². The lowest BCUT2D eigenvalue weighted by atomic mass is 10.00. The molecule has 0 aromatic heterocycles. The summed E-state index contributed by atoms with van der Waals surface area (Å²) in [5.41, 5.74) is 2.93. The summed E-state index contributed by atoms with van der Waals surface area (Å²) >= 11 is 0. The first kappa shape index (κ1) is 19.8. The van der Waals surface area contributed by atoms with Crippen LogP contribution in [0.5, 0.6) is 11.5 Å². The fourth-order valence-corrected chi connectivity index (χ4v) is 4.37. The average Bonchev–Trinajstić information content (AvgIpc) is 3.16. The molecule has 5 nitrogen and oxygen atoms in total. The summed E-state index contributed by atoms with van der Waals surface area (Å²) in [5.74, 6) is 1.74. The van der Waals surface area contributed by atoms with Gasteiger partial charge in [-0.2, -0.15) is 0 Å². The van der Waals surface area contributed by atoms with Gasteiger partial charge in [0.2, 0.25) is 5.91 Å². The van der Waals surface area contributed by atoms with Crippen molar-refractivity contribution in [1.29, 1.82) is 0 Å². The molecule has 0 radical (unpaired) electrons. The van der Waals surface area contributed by atoms with E-state index in [0.717, 1.165) is 54.4 Å². The molecule has 1 atom stereocenters. The molecule has 4 rings (SSSR count). The number of hydrogen-bond donors (Lipinski definition) is 0. The van der Waals surface area contributed by atoms with Crippen LogP contribution in [-0.4, -0.2) is 43.7 Å². The van der Waals surface area contributed by atoms with Crippen molar-refractivity contribution in [3.05, 3.63) is 48.0 Å². The standard InChI is InChI=1S/C24H30N2O3/c1-18-6-4-13-25(18)14-5-15-29-22-10-11-23-19(16-22)9-12-24(27)26(23)20-7-3-8-21(17-20)28-2/h3,7-8,10-11,16-18H,4-6,9,12-15H2,1-2H3/t18-/m1/s1. The van der Waals surface area contributed by atoms with Crippen molar-refractivity contribution in [2.75, 3.05) is 31.7 Å². The molecule has 29 heavy (non-hydrogen) atoms. The number of fused-ring (bicyclic) bond motifs is 1. The summed E-state index contributed by atoms with van der Waals surface area (Å²) in [6, 6.07) is 14.4. The highest BCUT2D eigenvalue weighted by Gasteiger charge is 2.26. The smallest absolute Gasteiger partial charge is 0.231 e. The van der Waals surface area contributed by atoms with Crippen LogP contribution in [0.1, 0.15) is 38.2 Å². The Morgan fingerprint density at radius 2 is 2.00 bits per heavy atom. The second-order valence-corrected chi connectivity index (χ2v) is 7.95. The SMILES string of the molecule is COc1cccc(N2C(=O)CCc3cc(OCCCN4CCC[C@H]4C)ccc32)c1. The highest BCUT2D eigenvalue weighted by Crippen LogP contribution is 2.37. The molecule has 1 saturated heterocycles. The quantitative estimate of drug-likeness (QED) is 0.646. The Balaban J connectivity index is 1.43. The van der Waals surface area contributed by atoms with Gasteiger partial charge in [-0.3, -0.25) is 9.69 Å². The number of rotatable bonds is 7. The van der Waals surface area contributed by atoms with E-state index in [-0.39, 0.29) is 5.91 Å². The van der Waals surface area contributed by atoms with Crippen LogP contribution in [0.15, 0.2) is 42.5 Å². The number of benzene rings is 2. The van der Waals surface area contributed by atoms with Gasteiger partial charge in [-0.15, -0.1) is 0 Å². The Kier molecular flexibility index (Phi) is 6.05. The number of hydrogen-bond acceptors (Lipinski definition) is 4. The van der Waals surface area contributed by atoms with Gasteiger partial charge < -0.3 is 14.4 Å². The first-order valence-electron chi connectivity index (χ1n) is 10.6. The molecule has 1 fully saturated rings. The third kappa shape index (κ3) is 4.40. The summed E-state index contributed by atoms with van der Waals surface area (Å²) in [5, 5.41) is 0. The Morgan fingerprint density at radius 3 is 2.79 bits per heavy atom. The minimum atomic E-state index is 0.110. The van der Waals surface area contributed by atoms with Gasteiger partial charge in [0.05, 0.1) is 25.1 Å². The Hall–Kier alpha value is -2.53. The highest BCUT2D eigenvalue weighted by atomic mass is 16.5. The molecule has 0 unspecified atom stereocenters. The Morgan fingerprint density at radius 1 is 1.10 bits per heavy atom. The molecule has 2 aromatic rings. The molecule has 0 aliphatic carbocycles. The molecular weight excluding hydrogens is 364 g/mol. The van der Waals surface area contributed by atoms with E-state index in [1.807, 2.05) is 36.4 Å². The van der Waals surface area contributed by atoms with Crippen LogP contribution < -0.4 is 14.4 Å². The van der Waals surface area contributed by atoms with Gasteiger partial charge in [-0.05, 0) is 75.0 Å². The zero-order valence-corrected chi connectivity index (χ0v) is 17.4. The van der Waals surface area contributed by atoms with Crippen molar-refractivity contribution in [2.24, 2.45) is 0 Å². The van der Waals surface area contributed by atoms with Crippen LogP contribution in [0.3, 0.4) is 0 Å². The first-order chi connectivity index (χ1) is 14.2. The van der Waals surface area contributed by atoms with Crippen LogP contribution in [0, 0.1) is 0 Å². The van der Waals surface area contributed by atoms with E-state index in [9.17, 15) is 4.79 Å². The number of carbonyl (C=O) groups is 1. The second-order valence-electron chi connectivity index (χ2n) is 7.95. The van der Waals surface area contributed by atoms with E-state index in [0.29, 0.717) is 12.5 Å². The maximum atomic E-state index is 12.7. The zero-order valence-electron chi connectivity index (χ0n) is 17.4. The maximum Gasteiger partial charge on any atom is 0.231 e. The largest absolute Gasteiger partial charge is 0.497 e. The lowest BCUT2D eigenvalue weighted by Gasteiger charge is -2.30. The predicted octanol–water partition coefficient (Wildman–Crippen LogP) is 4.56. The van der Waals surface area contributed by atoms with Crippen LogP contribution in [0.2, 0.25) is 0 Å². The van der Waals surface area contributed by atoms with Gasteiger partial charge in [-0.1, -0.05) is 6.07 Å². The predicted molar refractivity (Wildman–Crippen MR) is 115 cm³/mol. The van der Waals surface area contributed by atoms with Crippen LogP contribution in [-0.2, 0) is 11.2 Å². The van der Waals surface area contributed by atoms with Crippen LogP contribution in [0.4, 0.5) is 11.4 Å². The number of methoxy groups -OCH3 is 1. The second kappa shape index (κ2) is 8.87. The van der Waals surface area contributed by atoms with E-state index < -0.39 is 0 Å². The van der Waals surface area contributed by atoms with E-state index >= 15 is 0 Å². The van der Waals surface area contributed by atoms with Gasteiger partial charge in [0.1, 0.15) is 11.5 Å². The molecule has 2 aromatic carbocycles. The minimum absolute atomic E-state index is 0.110. The molecule has 0 spiro atoms. The molecule has 5 heteroatoms. The zero-order chi connectivity index (χ0) is 20.2. The molecular formula is C24H30N2O3. The number of aryl methyl sites for hydroxylation is 1. The summed E-state index contributed by atoms with van der Waals surface area (Å²) in [4.78, 5) is 17.0. The van der Waals surface area contributed by atoms with Crippen LogP contribution >= 0.6 is 0 Å². The van der Waals surface area contributed by atoms with Gasteiger partial charge in [0, 0.05) is 25.1 Å². The fraction of sp³-hybridized carbons (Fsp3) is 0.458. The van der Waals surface area contributed by atoms with Crippen molar-refractivity contribution < 1.29 is 14.3 Å². The molecule has 0 saturated carbocycles. The molecule has 2 aliphatic rings. The summed E-state index contributed by atoms with van der Waals surface area (Å²) in [6.45, 7) is 5.35. The molecule has 0 bridgehead atoms. The van der Waals surface area contributed by atoms with Crippen molar-refractivity contribution in [3.63, 3.8) is 0 Å². The van der Waals surface area contributed by atoms with Crippen molar-refractivity contribution in [3.8, 4) is 11.5 Å². The Labute approximate surface area is 173 Å². The van der Waals surface area contributed by atoms with E-state index in [1.54, 1.807) is 12.0 Å². The van der Waals surface area contributed by atoms with Gasteiger partial charge in [-0.25, -0.2) is 0 Å². The first-order valence-corrected chi connectivity index (χ1v) is 10.6. The van der Waals surface area contributed by atoms with Gasteiger partial charge in [0.15, 0.2) is 0 Å². The van der Waals surface area contributed by atoms with E-state index in [1.165, 1.54) is 19.4 Å². The number of amides is 1. The summed E-state index contributed by atoms with van der Waals surface area (Å²) in [6.07, 6.45) is 4.91. The number of ether oxygens (including phenoxy) is 2. The number of carbonyl (C=O) groups excluding carboxylic acids is 1. The van der Waals surface area contributed by atoms with E-state index in [4.69, 9.17) is 9.47 Å². The Bertz CT molecular complexity index is 867. The molecule has 1 amide bonds. The van der Waals surface area contributed by atoms with Crippen molar-refractivity contribution in [2.45, 2.75) is 45.1 Å². The average molecular weight is 395 g/mol. The third-order valence-electron chi connectivity index (χ3n) is 6.01. The lowest BCUT2D eigenvalue weighted by Crippen LogP contribution is -2.30. The highest BCUT2D eigenvalue weighted by molar-refractivity contribution is 6.03. The maximum absolute atomic E-state index is 12.7. The normalized spacial score (nSPS) is 19.3. The monoisotopic (exact) mass is 394 g/mol. The molecule has 2 heterocycles. The van der Waals surface area contributed by atoms with Crippen molar-refractivity contribution in [1.82, 2.24) is 4.90 Å². The number of anilines is 2. The topological polar surface area (TPSA) is 42.0 Å². The summed E-state index contributed by atoms with van der Waals surface area (Å²) in [7, 11) is 1.64. The fourth-order valence-electron chi connectivity index (χ4n) is 4.37. The molecule has 154 valence electrons. The lowest BCUT2D eigenvalue weighted by molar-refractivity contribution is -0.118. The number of likely N-dealkylation sites (tertiary alicyclic amines) is 1. The minimum Gasteiger partial charge on any atom is -0.497 e. The van der Waals surface area contributed by atoms with Crippen molar-refractivity contribution >= 4 is 17.3 Å². The molecule has 0 N–H and O–H groups in total. The third-order valence-corrected chi connectivity index (χ3v) is 6.01. The molecule has 2 aliphatic heterocycles. The van der Waals surface area contributed by atoms with E-state index in [2.05, 4.69) is 17.9 Å². The summed E-state index contributed by atoms with van der Waals surface area (Å²) < 4.78 is 11.3. The number of nitrogens with zero attached hydrogens (tertiary/aromatic N) is 2.